The number of rotatable bonds is 5. The smallest absolute Gasteiger partial charge is 0.342 e. The monoisotopic (exact) mass is 432 g/mol. The molecule has 3 aromatic heterocycles. The quantitative estimate of drug-likeness (QED) is 0.586. The molecule has 6 nitrogen and oxygen atoms in total. The van der Waals surface area contributed by atoms with E-state index in [0.29, 0.717) is 38.0 Å². The van der Waals surface area contributed by atoms with Crippen LogP contribution in [0.25, 0.3) is 11.1 Å². The minimum atomic E-state index is -4.54. The van der Waals surface area contributed by atoms with Gasteiger partial charge in [-0.15, -0.1) is 0 Å². The summed E-state index contributed by atoms with van der Waals surface area (Å²) in [5.41, 5.74) is 0.690. The van der Waals surface area contributed by atoms with Crippen molar-refractivity contribution in [3.63, 3.8) is 0 Å². The third-order valence-corrected chi connectivity index (χ3v) is 5.74. The largest absolute Gasteiger partial charge is 0.417 e. The standard InChI is InChI=1S/C22H23F3N4O2/c1-14-20-17(22(23,24)25)12-18(27-21(20)31-28-14)16-5-3-11-29(13-16)19(30)6-2-4-15-7-9-26-10-8-15/h7-10,12,16H,2-6,11,13H2,1H3/t16-/m0/s1. The second kappa shape index (κ2) is 8.64. The van der Waals surface area contributed by atoms with E-state index in [9.17, 15) is 18.0 Å². The minimum absolute atomic E-state index is 0.0198. The third-order valence-electron chi connectivity index (χ3n) is 5.74. The second-order valence-corrected chi connectivity index (χ2v) is 7.93. The highest BCUT2D eigenvalue weighted by atomic mass is 19.4. The maximum Gasteiger partial charge on any atom is 0.417 e. The van der Waals surface area contributed by atoms with E-state index in [1.165, 1.54) is 6.92 Å². The van der Waals surface area contributed by atoms with Gasteiger partial charge < -0.3 is 9.42 Å². The van der Waals surface area contributed by atoms with Crippen molar-refractivity contribution in [3.8, 4) is 0 Å². The number of hydrogen-bond acceptors (Lipinski definition) is 5. The summed E-state index contributed by atoms with van der Waals surface area (Å²) < 4.78 is 46.0. The first-order chi connectivity index (χ1) is 14.8. The number of piperidine rings is 1. The number of fused-ring (bicyclic) bond motifs is 1. The van der Waals surface area contributed by atoms with Gasteiger partial charge >= 0.3 is 6.18 Å². The van der Waals surface area contributed by atoms with Gasteiger partial charge in [0.15, 0.2) is 0 Å². The van der Waals surface area contributed by atoms with Crippen molar-refractivity contribution in [1.29, 1.82) is 0 Å². The van der Waals surface area contributed by atoms with Crippen LogP contribution in [0.5, 0.6) is 0 Å². The van der Waals surface area contributed by atoms with Crippen LogP contribution in [-0.4, -0.2) is 39.0 Å². The van der Waals surface area contributed by atoms with Gasteiger partial charge in [0.1, 0.15) is 0 Å². The lowest BCUT2D eigenvalue weighted by Gasteiger charge is -2.32. The molecule has 3 aromatic rings. The van der Waals surface area contributed by atoms with Crippen LogP contribution in [0.2, 0.25) is 0 Å². The summed E-state index contributed by atoms with van der Waals surface area (Å²) in [7, 11) is 0. The molecule has 1 aliphatic heterocycles. The Morgan fingerprint density at radius 1 is 1.29 bits per heavy atom. The number of alkyl halides is 3. The SMILES string of the molecule is Cc1noc2nc([C@H]3CCCN(C(=O)CCCc4ccncc4)C3)cc(C(F)(F)F)c12. The van der Waals surface area contributed by atoms with Crippen LogP contribution < -0.4 is 0 Å². The van der Waals surface area contributed by atoms with E-state index in [1.807, 2.05) is 12.1 Å². The fraction of sp³-hybridized carbons (Fsp3) is 0.455. The molecule has 4 heterocycles. The van der Waals surface area contributed by atoms with Crippen LogP contribution in [-0.2, 0) is 17.4 Å². The zero-order chi connectivity index (χ0) is 22.0. The first-order valence-electron chi connectivity index (χ1n) is 10.3. The first kappa shape index (κ1) is 21.3. The van der Waals surface area contributed by atoms with Crippen molar-refractivity contribution in [3.05, 3.63) is 53.1 Å². The Hall–Kier alpha value is -2.97. The number of pyridine rings is 2. The van der Waals surface area contributed by atoms with Gasteiger partial charge in [-0.05, 0) is 56.4 Å². The van der Waals surface area contributed by atoms with Gasteiger partial charge in [0.25, 0.3) is 5.71 Å². The summed E-state index contributed by atoms with van der Waals surface area (Å²) in [6, 6.07) is 4.94. The molecule has 164 valence electrons. The molecule has 1 atom stereocenters. The first-order valence-corrected chi connectivity index (χ1v) is 10.3. The Bertz CT molecular complexity index is 1070. The van der Waals surface area contributed by atoms with Crippen LogP contribution in [0.15, 0.2) is 35.1 Å². The van der Waals surface area contributed by atoms with Crippen LogP contribution >= 0.6 is 0 Å². The summed E-state index contributed by atoms with van der Waals surface area (Å²) in [4.78, 5) is 22.7. The Morgan fingerprint density at radius 2 is 2.06 bits per heavy atom. The lowest BCUT2D eigenvalue weighted by molar-refractivity contribution is -0.136. The maximum absolute atomic E-state index is 13.6. The Balaban J connectivity index is 1.47. The summed E-state index contributed by atoms with van der Waals surface area (Å²) in [5, 5.41) is 3.55. The zero-order valence-electron chi connectivity index (χ0n) is 17.2. The minimum Gasteiger partial charge on any atom is -0.342 e. The molecule has 1 fully saturated rings. The van der Waals surface area contributed by atoms with Gasteiger partial charge in [0.2, 0.25) is 5.91 Å². The van der Waals surface area contributed by atoms with Crippen molar-refractivity contribution < 1.29 is 22.5 Å². The topological polar surface area (TPSA) is 72.1 Å². The number of aryl methyl sites for hydroxylation is 2. The summed E-state index contributed by atoms with van der Waals surface area (Å²) >= 11 is 0. The molecule has 0 unspecified atom stereocenters. The molecule has 1 amide bonds. The Labute approximate surface area is 177 Å². The molecule has 0 bridgehead atoms. The van der Waals surface area contributed by atoms with Crippen LogP contribution in [0, 0.1) is 6.92 Å². The fourth-order valence-corrected chi connectivity index (χ4v) is 4.14. The van der Waals surface area contributed by atoms with Crippen molar-refractivity contribution >= 4 is 17.0 Å². The van der Waals surface area contributed by atoms with Crippen molar-refractivity contribution in [2.24, 2.45) is 0 Å². The van der Waals surface area contributed by atoms with Gasteiger partial charge in [-0.2, -0.15) is 13.2 Å². The van der Waals surface area contributed by atoms with E-state index in [1.54, 1.807) is 17.3 Å². The predicted molar refractivity (Wildman–Crippen MR) is 107 cm³/mol. The number of likely N-dealkylation sites (tertiary alicyclic amines) is 1. The normalized spacial score (nSPS) is 17.3. The van der Waals surface area contributed by atoms with Crippen LogP contribution in [0.4, 0.5) is 13.2 Å². The van der Waals surface area contributed by atoms with Gasteiger partial charge in [-0.3, -0.25) is 9.78 Å². The highest BCUT2D eigenvalue weighted by molar-refractivity contribution is 5.81. The highest BCUT2D eigenvalue weighted by Crippen LogP contribution is 2.38. The number of aromatic nitrogens is 3. The van der Waals surface area contributed by atoms with Crippen LogP contribution in [0.3, 0.4) is 0 Å². The van der Waals surface area contributed by atoms with E-state index >= 15 is 0 Å². The molecular weight excluding hydrogens is 409 g/mol. The fourth-order valence-electron chi connectivity index (χ4n) is 4.14. The number of amides is 1. The molecule has 1 saturated heterocycles. The molecule has 9 heteroatoms. The maximum atomic E-state index is 13.6. The molecule has 0 radical (unpaired) electrons. The lowest BCUT2D eigenvalue weighted by Crippen LogP contribution is -2.39. The molecule has 0 saturated carbocycles. The Morgan fingerprint density at radius 3 is 2.81 bits per heavy atom. The lowest BCUT2D eigenvalue weighted by atomic mass is 9.92. The predicted octanol–water partition coefficient (Wildman–Crippen LogP) is 4.67. The highest BCUT2D eigenvalue weighted by Gasteiger charge is 2.37. The van der Waals surface area contributed by atoms with E-state index in [4.69, 9.17) is 4.52 Å². The van der Waals surface area contributed by atoms with Gasteiger partial charge in [-0.1, -0.05) is 5.16 Å². The van der Waals surface area contributed by atoms with Crippen LogP contribution in [0.1, 0.15) is 54.1 Å². The number of carbonyl (C=O) groups excluding carboxylic acids is 1. The molecule has 0 spiro atoms. The van der Waals surface area contributed by atoms with Gasteiger partial charge in [-0.25, -0.2) is 4.98 Å². The molecule has 1 aliphatic rings. The number of halogens is 3. The molecule has 0 aromatic carbocycles. The molecule has 0 aliphatic carbocycles. The van der Waals surface area contributed by atoms with Gasteiger partial charge in [0, 0.05) is 37.8 Å². The van der Waals surface area contributed by atoms with E-state index in [-0.39, 0.29) is 28.6 Å². The summed E-state index contributed by atoms with van der Waals surface area (Å²) in [6.45, 7) is 2.44. The molecule has 31 heavy (non-hydrogen) atoms. The number of carbonyl (C=O) groups is 1. The second-order valence-electron chi connectivity index (χ2n) is 7.93. The van der Waals surface area contributed by atoms with Crippen molar-refractivity contribution in [2.75, 3.05) is 13.1 Å². The van der Waals surface area contributed by atoms with E-state index < -0.39 is 11.7 Å². The summed E-state index contributed by atoms with van der Waals surface area (Å²) in [6.07, 6.45) is 2.19. The number of nitrogens with zero attached hydrogens (tertiary/aromatic N) is 4. The third kappa shape index (κ3) is 4.70. The number of hydrogen-bond donors (Lipinski definition) is 0. The molecular formula is C22H23F3N4O2. The average molecular weight is 432 g/mol. The summed E-state index contributed by atoms with van der Waals surface area (Å²) in [5.74, 6) is -0.250. The molecule has 4 rings (SSSR count). The average Bonchev–Trinajstić information content (AvgIpc) is 3.14. The Kier molecular flexibility index (Phi) is 5.93. The van der Waals surface area contributed by atoms with E-state index in [2.05, 4.69) is 15.1 Å². The molecule has 0 N–H and O–H groups in total. The van der Waals surface area contributed by atoms with E-state index in [0.717, 1.165) is 24.5 Å². The van der Waals surface area contributed by atoms with Crippen molar-refractivity contribution in [2.45, 2.75) is 51.1 Å². The van der Waals surface area contributed by atoms with Gasteiger partial charge in [0.05, 0.1) is 22.3 Å². The zero-order valence-corrected chi connectivity index (χ0v) is 17.2. The van der Waals surface area contributed by atoms with Crippen molar-refractivity contribution in [1.82, 2.24) is 20.0 Å².